The summed E-state index contributed by atoms with van der Waals surface area (Å²) in [5.41, 5.74) is -0.585. The summed E-state index contributed by atoms with van der Waals surface area (Å²) in [7, 11) is 0. The van der Waals surface area contributed by atoms with Crippen LogP contribution in [0.5, 0.6) is 0 Å². The molecule has 0 aromatic heterocycles. The molecule has 18 heavy (non-hydrogen) atoms. The number of hydrogen-bond donors (Lipinski definition) is 1. The smallest absolute Gasteiger partial charge is 0.313 e. The predicted octanol–water partition coefficient (Wildman–Crippen LogP) is 3.97. The van der Waals surface area contributed by atoms with Crippen LogP contribution < -0.4 is 5.32 Å². The van der Waals surface area contributed by atoms with Gasteiger partial charge in [-0.25, -0.2) is 0 Å². The van der Waals surface area contributed by atoms with E-state index < -0.39 is 11.7 Å². The van der Waals surface area contributed by atoms with Gasteiger partial charge in [-0.15, -0.1) is 24.2 Å². The Morgan fingerprint density at radius 2 is 1.78 bits per heavy atom. The van der Waals surface area contributed by atoms with Crippen molar-refractivity contribution >= 4 is 24.2 Å². The molecule has 1 aromatic rings. The van der Waals surface area contributed by atoms with Gasteiger partial charge in [0.2, 0.25) is 0 Å². The lowest BCUT2D eigenvalue weighted by Gasteiger charge is -2.07. The van der Waals surface area contributed by atoms with Crippen LogP contribution in [-0.4, -0.2) is 18.3 Å². The molecule has 0 amide bonds. The first-order chi connectivity index (χ1) is 8.05. The van der Waals surface area contributed by atoms with Crippen molar-refractivity contribution in [2.24, 2.45) is 0 Å². The summed E-state index contributed by atoms with van der Waals surface area (Å²) >= 11 is 1.58. The van der Waals surface area contributed by atoms with E-state index in [0.29, 0.717) is 6.04 Å². The van der Waals surface area contributed by atoms with E-state index >= 15 is 0 Å². The van der Waals surface area contributed by atoms with E-state index in [2.05, 4.69) is 5.32 Å². The van der Waals surface area contributed by atoms with Crippen LogP contribution in [0.1, 0.15) is 18.4 Å². The molecule has 1 fully saturated rings. The molecule has 2 rings (SSSR count). The van der Waals surface area contributed by atoms with Crippen molar-refractivity contribution in [2.75, 3.05) is 12.3 Å². The van der Waals surface area contributed by atoms with Gasteiger partial charge in [-0.2, -0.15) is 13.2 Å². The van der Waals surface area contributed by atoms with Gasteiger partial charge >= 0.3 is 6.18 Å². The standard InChI is InChI=1S/C12H14F3NS.ClH/c13-12(14,15)9-1-5-11(6-2-9)17-8-7-16-10-3-4-10;/h1-2,5-6,10,16H,3-4,7-8H2;1H. The zero-order valence-electron chi connectivity index (χ0n) is 9.67. The molecule has 0 bridgehead atoms. The Morgan fingerprint density at radius 3 is 2.28 bits per heavy atom. The third-order valence-corrected chi connectivity index (χ3v) is 3.58. The second kappa shape index (κ2) is 6.68. The van der Waals surface area contributed by atoms with E-state index in [4.69, 9.17) is 0 Å². The fourth-order valence-corrected chi connectivity index (χ4v) is 2.24. The minimum absolute atomic E-state index is 0. The quantitative estimate of drug-likeness (QED) is 0.652. The van der Waals surface area contributed by atoms with Gasteiger partial charge in [0.05, 0.1) is 5.56 Å². The van der Waals surface area contributed by atoms with Gasteiger partial charge in [0.15, 0.2) is 0 Å². The average Bonchev–Trinajstić information content (AvgIpc) is 3.08. The molecule has 1 N–H and O–H groups in total. The van der Waals surface area contributed by atoms with Crippen molar-refractivity contribution < 1.29 is 13.2 Å². The van der Waals surface area contributed by atoms with Gasteiger partial charge in [-0.05, 0) is 37.1 Å². The van der Waals surface area contributed by atoms with Crippen LogP contribution >= 0.6 is 24.2 Å². The molecular formula is C12H15ClF3NS. The lowest BCUT2D eigenvalue weighted by atomic mass is 10.2. The minimum atomic E-state index is -4.24. The maximum Gasteiger partial charge on any atom is 0.416 e. The highest BCUT2D eigenvalue weighted by Gasteiger charge is 2.29. The molecule has 102 valence electrons. The molecular weight excluding hydrogens is 283 g/mol. The first-order valence-electron chi connectivity index (χ1n) is 5.59. The Balaban J connectivity index is 0.00000162. The summed E-state index contributed by atoms with van der Waals surface area (Å²) < 4.78 is 36.9. The van der Waals surface area contributed by atoms with Crippen LogP contribution in [0.15, 0.2) is 29.2 Å². The van der Waals surface area contributed by atoms with Crippen molar-refractivity contribution in [2.45, 2.75) is 30.0 Å². The predicted molar refractivity (Wildman–Crippen MR) is 70.4 cm³/mol. The number of halogens is 4. The maximum atomic E-state index is 12.3. The molecule has 1 aliphatic rings. The molecule has 1 nitrogen and oxygen atoms in total. The fourth-order valence-electron chi connectivity index (χ4n) is 1.46. The van der Waals surface area contributed by atoms with E-state index in [9.17, 15) is 13.2 Å². The molecule has 0 atom stereocenters. The Hall–Kier alpha value is -0.390. The molecule has 0 saturated heterocycles. The van der Waals surface area contributed by atoms with E-state index in [1.54, 1.807) is 11.8 Å². The minimum Gasteiger partial charge on any atom is -0.313 e. The van der Waals surface area contributed by atoms with E-state index in [1.165, 1.54) is 25.0 Å². The third kappa shape index (κ3) is 5.08. The van der Waals surface area contributed by atoms with E-state index in [0.717, 1.165) is 29.3 Å². The summed E-state index contributed by atoms with van der Waals surface area (Å²) in [4.78, 5) is 0.885. The Bertz CT molecular complexity index is 363. The second-order valence-electron chi connectivity index (χ2n) is 4.10. The van der Waals surface area contributed by atoms with Gasteiger partial charge in [0.25, 0.3) is 0 Å². The number of alkyl halides is 3. The zero-order valence-corrected chi connectivity index (χ0v) is 11.3. The molecule has 1 aromatic carbocycles. The number of nitrogens with one attached hydrogen (secondary N) is 1. The monoisotopic (exact) mass is 297 g/mol. The fraction of sp³-hybridized carbons (Fsp3) is 0.500. The van der Waals surface area contributed by atoms with Crippen LogP contribution in [-0.2, 0) is 6.18 Å². The summed E-state index contributed by atoms with van der Waals surface area (Å²) in [5, 5.41) is 3.36. The van der Waals surface area contributed by atoms with Crippen molar-refractivity contribution in [3.63, 3.8) is 0 Å². The Kier molecular flexibility index (Phi) is 5.82. The normalized spacial score (nSPS) is 15.3. The second-order valence-corrected chi connectivity index (χ2v) is 5.27. The van der Waals surface area contributed by atoms with Gasteiger partial charge in [-0.3, -0.25) is 0 Å². The van der Waals surface area contributed by atoms with Crippen LogP contribution in [0.3, 0.4) is 0 Å². The lowest BCUT2D eigenvalue weighted by Crippen LogP contribution is -2.19. The maximum absolute atomic E-state index is 12.3. The average molecular weight is 298 g/mol. The van der Waals surface area contributed by atoms with Crippen molar-refractivity contribution in [1.29, 1.82) is 0 Å². The summed E-state index contributed by atoms with van der Waals surface area (Å²) in [6.45, 7) is 0.913. The summed E-state index contributed by atoms with van der Waals surface area (Å²) in [6, 6.07) is 6.02. The number of thioether (sulfide) groups is 1. The molecule has 1 aliphatic carbocycles. The van der Waals surface area contributed by atoms with E-state index in [-0.39, 0.29) is 12.4 Å². The largest absolute Gasteiger partial charge is 0.416 e. The highest BCUT2D eigenvalue weighted by Crippen LogP contribution is 2.30. The number of benzene rings is 1. The molecule has 0 unspecified atom stereocenters. The van der Waals surface area contributed by atoms with Crippen LogP contribution in [0.4, 0.5) is 13.2 Å². The molecule has 0 aliphatic heterocycles. The highest BCUT2D eigenvalue weighted by molar-refractivity contribution is 7.99. The molecule has 0 radical (unpaired) electrons. The molecule has 0 spiro atoms. The highest BCUT2D eigenvalue weighted by atomic mass is 35.5. The summed E-state index contributed by atoms with van der Waals surface area (Å²) in [5.74, 6) is 0.891. The van der Waals surface area contributed by atoms with Crippen LogP contribution in [0.2, 0.25) is 0 Å². The van der Waals surface area contributed by atoms with Crippen molar-refractivity contribution in [3.05, 3.63) is 29.8 Å². The van der Waals surface area contributed by atoms with Crippen molar-refractivity contribution in [3.8, 4) is 0 Å². The first kappa shape index (κ1) is 15.7. The number of hydrogen-bond acceptors (Lipinski definition) is 2. The third-order valence-electron chi connectivity index (χ3n) is 2.56. The van der Waals surface area contributed by atoms with Gasteiger partial charge in [0, 0.05) is 23.2 Å². The SMILES string of the molecule is Cl.FC(F)(F)c1ccc(SCCNC2CC2)cc1. The topological polar surface area (TPSA) is 12.0 Å². The Labute approximate surface area is 115 Å². The van der Waals surface area contributed by atoms with Gasteiger partial charge in [0.1, 0.15) is 0 Å². The van der Waals surface area contributed by atoms with Crippen LogP contribution in [0, 0.1) is 0 Å². The van der Waals surface area contributed by atoms with Crippen molar-refractivity contribution in [1.82, 2.24) is 5.32 Å². The Morgan fingerprint density at radius 1 is 1.17 bits per heavy atom. The number of rotatable bonds is 5. The van der Waals surface area contributed by atoms with Gasteiger partial charge < -0.3 is 5.32 Å². The van der Waals surface area contributed by atoms with Crippen LogP contribution in [0.25, 0.3) is 0 Å². The molecule has 6 heteroatoms. The summed E-state index contributed by atoms with van der Waals surface area (Å²) in [6.07, 6.45) is -1.73. The van der Waals surface area contributed by atoms with E-state index in [1.807, 2.05) is 0 Å². The van der Waals surface area contributed by atoms with Gasteiger partial charge in [-0.1, -0.05) is 0 Å². The lowest BCUT2D eigenvalue weighted by molar-refractivity contribution is -0.137. The first-order valence-corrected chi connectivity index (χ1v) is 6.58. The zero-order chi connectivity index (χ0) is 12.3. The molecule has 0 heterocycles. The molecule has 1 saturated carbocycles.